The summed E-state index contributed by atoms with van der Waals surface area (Å²) in [4.78, 5) is 26.5. The molecule has 0 aliphatic heterocycles. The zero-order chi connectivity index (χ0) is 24.6. The fraction of sp³-hybridized carbons (Fsp3) is 0.360. The highest BCUT2D eigenvalue weighted by Crippen LogP contribution is 2.29. The standard InChI is InChI=1S/C25H30N4O4S/c1-17(2)14-29-21-16-28(15-18-10-12-20(13-11-18)34(4,32)33)23(26-19-8-6-5-7-9-19)22(21)24(30)27(3)25(29)31/h5-10,12-13,16-18,26H,11,14-15H2,1-4H3. The molecule has 9 heteroatoms. The number of allylic oxidation sites excluding steroid dienone is 3. The third kappa shape index (κ3) is 4.65. The molecule has 4 rings (SSSR count). The number of hydrogen-bond acceptors (Lipinski definition) is 5. The summed E-state index contributed by atoms with van der Waals surface area (Å²) in [5.41, 5.74) is 0.724. The van der Waals surface area contributed by atoms with Crippen LogP contribution < -0.4 is 16.6 Å². The molecule has 34 heavy (non-hydrogen) atoms. The van der Waals surface area contributed by atoms with E-state index in [-0.39, 0.29) is 23.1 Å². The van der Waals surface area contributed by atoms with Gasteiger partial charge in [0.05, 0.1) is 10.4 Å². The first-order valence-corrected chi connectivity index (χ1v) is 13.2. The van der Waals surface area contributed by atoms with Crippen LogP contribution in [0, 0.1) is 11.8 Å². The van der Waals surface area contributed by atoms with E-state index in [9.17, 15) is 18.0 Å². The van der Waals surface area contributed by atoms with Crippen molar-refractivity contribution >= 4 is 32.2 Å². The summed E-state index contributed by atoms with van der Waals surface area (Å²) < 4.78 is 28.5. The van der Waals surface area contributed by atoms with Crippen molar-refractivity contribution in [2.75, 3.05) is 11.6 Å². The predicted molar refractivity (Wildman–Crippen MR) is 136 cm³/mol. The van der Waals surface area contributed by atoms with Crippen molar-refractivity contribution in [3.8, 4) is 0 Å². The lowest BCUT2D eigenvalue weighted by Crippen LogP contribution is -2.38. The van der Waals surface area contributed by atoms with Crippen LogP contribution >= 0.6 is 0 Å². The van der Waals surface area contributed by atoms with Crippen LogP contribution in [0.4, 0.5) is 11.5 Å². The molecule has 0 saturated carbocycles. The van der Waals surface area contributed by atoms with Gasteiger partial charge in [-0.1, -0.05) is 44.2 Å². The van der Waals surface area contributed by atoms with Gasteiger partial charge < -0.3 is 9.88 Å². The van der Waals surface area contributed by atoms with E-state index in [1.165, 1.54) is 13.3 Å². The Morgan fingerprint density at radius 1 is 1.15 bits per heavy atom. The van der Waals surface area contributed by atoms with Crippen molar-refractivity contribution in [3.05, 3.63) is 80.5 Å². The fourth-order valence-electron chi connectivity index (χ4n) is 4.28. The lowest BCUT2D eigenvalue weighted by atomic mass is 10.0. The average Bonchev–Trinajstić information content (AvgIpc) is 3.13. The molecular formula is C25H30N4O4S. The van der Waals surface area contributed by atoms with Crippen molar-refractivity contribution in [3.63, 3.8) is 0 Å². The number of para-hydroxylation sites is 1. The van der Waals surface area contributed by atoms with Crippen molar-refractivity contribution in [1.82, 2.24) is 13.7 Å². The van der Waals surface area contributed by atoms with Crippen molar-refractivity contribution in [2.24, 2.45) is 18.9 Å². The molecule has 0 bridgehead atoms. The molecule has 0 spiro atoms. The first-order chi connectivity index (χ1) is 16.1. The predicted octanol–water partition coefficient (Wildman–Crippen LogP) is 3.41. The highest BCUT2D eigenvalue weighted by molar-refractivity contribution is 7.94. The third-order valence-corrected chi connectivity index (χ3v) is 7.14. The second-order valence-electron chi connectivity index (χ2n) is 9.27. The van der Waals surface area contributed by atoms with Crippen LogP contribution in [-0.2, 0) is 30.0 Å². The van der Waals surface area contributed by atoms with Crippen molar-refractivity contribution < 1.29 is 8.42 Å². The summed E-state index contributed by atoms with van der Waals surface area (Å²) in [6, 6.07) is 9.57. The van der Waals surface area contributed by atoms with Crippen LogP contribution in [0.1, 0.15) is 20.3 Å². The Labute approximate surface area is 198 Å². The number of nitrogens with zero attached hydrogens (tertiary/aromatic N) is 3. The summed E-state index contributed by atoms with van der Waals surface area (Å²) >= 11 is 0. The summed E-state index contributed by atoms with van der Waals surface area (Å²) in [5.74, 6) is 0.872. The van der Waals surface area contributed by atoms with E-state index in [0.717, 1.165) is 10.3 Å². The van der Waals surface area contributed by atoms with Crippen LogP contribution in [0.3, 0.4) is 0 Å². The molecule has 1 N–H and O–H groups in total. The van der Waals surface area contributed by atoms with E-state index in [2.05, 4.69) is 5.32 Å². The number of nitrogens with one attached hydrogen (secondary N) is 1. The topological polar surface area (TPSA) is 95.1 Å². The molecule has 1 atom stereocenters. The van der Waals surface area contributed by atoms with Gasteiger partial charge in [-0.15, -0.1) is 0 Å². The Balaban J connectivity index is 1.85. The van der Waals surface area contributed by atoms with Crippen LogP contribution in [0.2, 0.25) is 0 Å². The lowest BCUT2D eigenvalue weighted by molar-refractivity contribution is 0.501. The summed E-state index contributed by atoms with van der Waals surface area (Å²) in [5, 5.41) is 3.84. The van der Waals surface area contributed by atoms with E-state index in [4.69, 9.17) is 0 Å². The molecule has 1 aliphatic carbocycles. The maximum absolute atomic E-state index is 13.3. The molecule has 2 aromatic heterocycles. The smallest absolute Gasteiger partial charge is 0.331 e. The van der Waals surface area contributed by atoms with Gasteiger partial charge in [-0.3, -0.25) is 13.9 Å². The number of rotatable bonds is 7. The van der Waals surface area contributed by atoms with E-state index in [1.807, 2.05) is 61.0 Å². The van der Waals surface area contributed by atoms with Gasteiger partial charge in [-0.25, -0.2) is 13.2 Å². The lowest BCUT2D eigenvalue weighted by Gasteiger charge is -2.19. The maximum Gasteiger partial charge on any atom is 0.331 e. The first-order valence-electron chi connectivity index (χ1n) is 11.3. The first kappa shape index (κ1) is 23.8. The van der Waals surface area contributed by atoms with Crippen LogP contribution in [0.25, 0.3) is 10.9 Å². The molecule has 0 amide bonds. The molecule has 0 radical (unpaired) electrons. The van der Waals surface area contributed by atoms with E-state index in [0.29, 0.717) is 41.1 Å². The average molecular weight is 483 g/mol. The summed E-state index contributed by atoms with van der Waals surface area (Å²) in [7, 11) is -1.74. The van der Waals surface area contributed by atoms with Gasteiger partial charge in [-0.05, 0) is 36.5 Å². The summed E-state index contributed by atoms with van der Waals surface area (Å²) in [6.07, 6.45) is 8.90. The molecule has 1 unspecified atom stereocenters. The molecule has 2 heterocycles. The van der Waals surface area contributed by atoms with Gasteiger partial charge in [0.1, 0.15) is 11.2 Å². The number of aromatic nitrogens is 3. The largest absolute Gasteiger partial charge is 0.341 e. The van der Waals surface area contributed by atoms with Gasteiger partial charge in [0.25, 0.3) is 5.56 Å². The number of benzene rings is 1. The van der Waals surface area contributed by atoms with Gasteiger partial charge in [0, 0.05) is 38.3 Å². The normalized spacial score (nSPS) is 16.3. The van der Waals surface area contributed by atoms with Gasteiger partial charge >= 0.3 is 5.69 Å². The number of fused-ring (bicyclic) bond motifs is 1. The van der Waals surface area contributed by atoms with Crippen LogP contribution in [0.15, 0.2) is 69.3 Å². The highest BCUT2D eigenvalue weighted by atomic mass is 32.2. The number of sulfone groups is 1. The molecule has 180 valence electrons. The van der Waals surface area contributed by atoms with Gasteiger partial charge in [0.2, 0.25) is 0 Å². The molecule has 1 aliphatic rings. The third-order valence-electron chi connectivity index (χ3n) is 5.98. The van der Waals surface area contributed by atoms with Gasteiger partial charge in [0.15, 0.2) is 9.84 Å². The molecule has 1 aromatic carbocycles. The highest BCUT2D eigenvalue weighted by Gasteiger charge is 2.22. The quantitative estimate of drug-likeness (QED) is 0.557. The Morgan fingerprint density at radius 3 is 2.44 bits per heavy atom. The fourth-order valence-corrected chi connectivity index (χ4v) is 5.01. The minimum atomic E-state index is -3.25. The molecule has 3 aromatic rings. The van der Waals surface area contributed by atoms with Crippen LogP contribution in [0.5, 0.6) is 0 Å². The van der Waals surface area contributed by atoms with Crippen molar-refractivity contribution in [2.45, 2.75) is 33.4 Å². The van der Waals surface area contributed by atoms with E-state index >= 15 is 0 Å². The zero-order valence-electron chi connectivity index (χ0n) is 19.9. The Hall–Kier alpha value is -3.33. The zero-order valence-corrected chi connectivity index (χ0v) is 20.7. The Kier molecular flexibility index (Phi) is 6.40. The van der Waals surface area contributed by atoms with Crippen LogP contribution in [-0.4, -0.2) is 28.4 Å². The maximum atomic E-state index is 13.3. The second kappa shape index (κ2) is 9.13. The van der Waals surface area contributed by atoms with E-state index in [1.54, 1.807) is 16.7 Å². The van der Waals surface area contributed by atoms with E-state index < -0.39 is 9.84 Å². The Morgan fingerprint density at radius 2 is 1.85 bits per heavy atom. The second-order valence-corrected chi connectivity index (χ2v) is 11.3. The number of hydrogen-bond donors (Lipinski definition) is 1. The minimum Gasteiger partial charge on any atom is -0.341 e. The monoisotopic (exact) mass is 482 g/mol. The molecule has 0 fully saturated rings. The number of anilines is 2. The van der Waals surface area contributed by atoms with Crippen molar-refractivity contribution in [1.29, 1.82) is 0 Å². The minimum absolute atomic E-state index is 0.0396. The Bertz CT molecular complexity index is 1510. The molecular weight excluding hydrogens is 452 g/mol. The summed E-state index contributed by atoms with van der Waals surface area (Å²) in [6.45, 7) is 5.07. The molecule has 0 saturated heterocycles. The van der Waals surface area contributed by atoms with Gasteiger partial charge in [-0.2, -0.15) is 0 Å². The molecule has 8 nitrogen and oxygen atoms in total. The SMILES string of the molecule is CC(C)Cn1c(=O)n(C)c(=O)c2c(Nc3ccccc3)n(CC3C=CC(S(C)(=O)=O)=CC3)cc21.